The lowest BCUT2D eigenvalue weighted by Crippen LogP contribution is -2.50. The zero-order valence-corrected chi connectivity index (χ0v) is 17.5. The molecule has 7 heteroatoms. The van der Waals surface area contributed by atoms with Crippen LogP contribution in [0.3, 0.4) is 0 Å². The number of hydrogen-bond donors (Lipinski definition) is 2. The molecule has 1 rings (SSSR count). The number of guanidine groups is 1. The number of aliphatic imine (C=N–C) groups is 1. The van der Waals surface area contributed by atoms with Gasteiger partial charge in [0, 0.05) is 44.3 Å². The van der Waals surface area contributed by atoms with Gasteiger partial charge in [-0.25, -0.2) is 4.79 Å². The van der Waals surface area contributed by atoms with Gasteiger partial charge in [0.15, 0.2) is 5.96 Å². The summed E-state index contributed by atoms with van der Waals surface area (Å²) in [6.07, 6.45) is 1.62. The highest BCUT2D eigenvalue weighted by atomic mass is 16.6. The van der Waals surface area contributed by atoms with Crippen LogP contribution in [0, 0.1) is 0 Å². The van der Waals surface area contributed by atoms with E-state index in [4.69, 9.17) is 9.73 Å². The highest BCUT2D eigenvalue weighted by Gasteiger charge is 2.24. The fourth-order valence-corrected chi connectivity index (χ4v) is 3.32. The number of piperidine rings is 1. The predicted octanol–water partition coefficient (Wildman–Crippen LogP) is 2.28. The molecule has 0 bridgehead atoms. The standard InChI is InChI=1S/C19H39N5O2/c1-7-20-18(21-11-14-24(15(3)4)16(5)6)22-17-9-12-23(13-10-17)19(25)26-8-2/h15-17H,7-14H2,1-6H3,(H2,20,21,22). The van der Waals surface area contributed by atoms with Gasteiger partial charge >= 0.3 is 6.09 Å². The molecule has 1 saturated heterocycles. The number of amides is 1. The third-order valence-electron chi connectivity index (χ3n) is 4.66. The number of likely N-dealkylation sites (tertiary alicyclic amines) is 1. The second-order valence-corrected chi connectivity index (χ2v) is 7.29. The second-order valence-electron chi connectivity index (χ2n) is 7.29. The summed E-state index contributed by atoms with van der Waals surface area (Å²) in [4.78, 5) is 20.8. The van der Waals surface area contributed by atoms with E-state index in [-0.39, 0.29) is 6.09 Å². The molecule has 0 saturated carbocycles. The minimum absolute atomic E-state index is 0.200. The Balaban J connectivity index is 2.49. The lowest BCUT2D eigenvalue weighted by atomic mass is 10.1. The van der Waals surface area contributed by atoms with E-state index < -0.39 is 0 Å². The van der Waals surface area contributed by atoms with Crippen LogP contribution >= 0.6 is 0 Å². The van der Waals surface area contributed by atoms with Crippen LogP contribution in [0.15, 0.2) is 4.99 Å². The highest BCUT2D eigenvalue weighted by molar-refractivity contribution is 5.80. The van der Waals surface area contributed by atoms with Crippen LogP contribution in [-0.4, -0.2) is 79.3 Å². The van der Waals surface area contributed by atoms with E-state index in [2.05, 4.69) is 50.2 Å². The van der Waals surface area contributed by atoms with Crippen LogP contribution in [0.4, 0.5) is 4.79 Å². The van der Waals surface area contributed by atoms with Gasteiger partial charge in [-0.15, -0.1) is 0 Å². The first-order chi connectivity index (χ1) is 12.4. The van der Waals surface area contributed by atoms with Crippen LogP contribution in [0.25, 0.3) is 0 Å². The van der Waals surface area contributed by atoms with Crippen molar-refractivity contribution in [3.8, 4) is 0 Å². The number of rotatable bonds is 8. The predicted molar refractivity (Wildman–Crippen MR) is 108 cm³/mol. The Hall–Kier alpha value is -1.50. The Kier molecular flexibility index (Phi) is 10.4. The van der Waals surface area contributed by atoms with E-state index in [1.807, 2.05) is 6.92 Å². The maximum absolute atomic E-state index is 11.8. The summed E-state index contributed by atoms with van der Waals surface area (Å²) in [7, 11) is 0. The average molecular weight is 370 g/mol. The molecular formula is C19H39N5O2. The molecule has 0 aliphatic carbocycles. The van der Waals surface area contributed by atoms with E-state index in [1.54, 1.807) is 4.90 Å². The molecule has 1 aliphatic heterocycles. The highest BCUT2D eigenvalue weighted by Crippen LogP contribution is 2.11. The lowest BCUT2D eigenvalue weighted by molar-refractivity contribution is 0.0963. The van der Waals surface area contributed by atoms with Crippen LogP contribution < -0.4 is 10.6 Å². The van der Waals surface area contributed by atoms with Gasteiger partial charge in [0.2, 0.25) is 0 Å². The van der Waals surface area contributed by atoms with E-state index in [0.29, 0.717) is 24.7 Å². The van der Waals surface area contributed by atoms with Crippen molar-refractivity contribution in [1.82, 2.24) is 20.4 Å². The molecule has 0 aromatic heterocycles. The molecule has 152 valence electrons. The number of nitrogens with one attached hydrogen (secondary N) is 2. The van der Waals surface area contributed by atoms with Crippen molar-refractivity contribution >= 4 is 12.1 Å². The van der Waals surface area contributed by atoms with Crippen molar-refractivity contribution < 1.29 is 9.53 Å². The van der Waals surface area contributed by atoms with Crippen molar-refractivity contribution in [2.75, 3.05) is 39.3 Å². The average Bonchev–Trinajstić information content (AvgIpc) is 2.59. The molecule has 0 unspecified atom stereocenters. The van der Waals surface area contributed by atoms with Gasteiger partial charge in [-0.1, -0.05) is 0 Å². The van der Waals surface area contributed by atoms with Gasteiger partial charge in [-0.05, 0) is 54.4 Å². The van der Waals surface area contributed by atoms with Crippen LogP contribution in [0.1, 0.15) is 54.4 Å². The van der Waals surface area contributed by atoms with Gasteiger partial charge in [0.05, 0.1) is 13.2 Å². The number of hydrogen-bond acceptors (Lipinski definition) is 4. The SMILES string of the molecule is CCNC(=NCCN(C(C)C)C(C)C)NC1CCN(C(=O)OCC)CC1. The van der Waals surface area contributed by atoms with Crippen LogP contribution in [-0.2, 0) is 4.74 Å². The zero-order valence-electron chi connectivity index (χ0n) is 17.5. The molecule has 0 radical (unpaired) electrons. The monoisotopic (exact) mass is 369 g/mol. The van der Waals surface area contributed by atoms with E-state index >= 15 is 0 Å². The van der Waals surface area contributed by atoms with Gasteiger partial charge in [0.25, 0.3) is 0 Å². The fourth-order valence-electron chi connectivity index (χ4n) is 3.32. The minimum atomic E-state index is -0.200. The quantitative estimate of drug-likeness (QED) is 0.507. The van der Waals surface area contributed by atoms with Crippen molar-refractivity contribution in [2.24, 2.45) is 4.99 Å². The van der Waals surface area contributed by atoms with Crippen molar-refractivity contribution in [2.45, 2.75) is 72.5 Å². The van der Waals surface area contributed by atoms with E-state index in [0.717, 1.165) is 51.5 Å². The molecular weight excluding hydrogens is 330 g/mol. The number of carbonyl (C=O) groups is 1. The summed E-state index contributed by atoms with van der Waals surface area (Å²) in [5, 5.41) is 6.85. The van der Waals surface area contributed by atoms with Gasteiger partial charge in [0.1, 0.15) is 0 Å². The molecule has 1 fully saturated rings. The molecule has 0 spiro atoms. The molecule has 0 atom stereocenters. The summed E-state index contributed by atoms with van der Waals surface area (Å²) in [5.74, 6) is 0.870. The fraction of sp³-hybridized carbons (Fsp3) is 0.895. The van der Waals surface area contributed by atoms with Crippen LogP contribution in [0.5, 0.6) is 0 Å². The van der Waals surface area contributed by atoms with E-state index in [1.165, 1.54) is 0 Å². The smallest absolute Gasteiger partial charge is 0.409 e. The van der Waals surface area contributed by atoms with E-state index in [9.17, 15) is 4.79 Å². The summed E-state index contributed by atoms with van der Waals surface area (Å²) in [5.41, 5.74) is 0. The molecule has 26 heavy (non-hydrogen) atoms. The van der Waals surface area contributed by atoms with Gasteiger partial charge in [-0.3, -0.25) is 9.89 Å². The summed E-state index contributed by atoms with van der Waals surface area (Å²) in [6, 6.07) is 1.38. The third kappa shape index (κ3) is 7.81. The Bertz CT molecular complexity index is 424. The topological polar surface area (TPSA) is 69.2 Å². The summed E-state index contributed by atoms with van der Waals surface area (Å²) in [6.45, 7) is 17.3. The minimum Gasteiger partial charge on any atom is -0.450 e. The van der Waals surface area contributed by atoms with Crippen molar-refractivity contribution in [3.05, 3.63) is 0 Å². The molecule has 1 amide bonds. The van der Waals surface area contributed by atoms with Crippen LogP contribution in [0.2, 0.25) is 0 Å². The summed E-state index contributed by atoms with van der Waals surface area (Å²) >= 11 is 0. The molecule has 2 N–H and O–H groups in total. The molecule has 1 heterocycles. The Morgan fingerprint density at radius 3 is 2.31 bits per heavy atom. The first-order valence-electron chi connectivity index (χ1n) is 10.1. The second kappa shape index (κ2) is 12.0. The zero-order chi connectivity index (χ0) is 19.5. The normalized spacial score (nSPS) is 16.5. The summed E-state index contributed by atoms with van der Waals surface area (Å²) < 4.78 is 5.08. The number of nitrogens with zero attached hydrogens (tertiary/aromatic N) is 3. The molecule has 1 aliphatic rings. The molecule has 0 aromatic rings. The lowest BCUT2D eigenvalue weighted by Gasteiger charge is -2.32. The Morgan fingerprint density at radius 1 is 1.19 bits per heavy atom. The maximum Gasteiger partial charge on any atom is 0.409 e. The first kappa shape index (κ1) is 22.5. The largest absolute Gasteiger partial charge is 0.450 e. The molecule has 0 aromatic carbocycles. The third-order valence-corrected chi connectivity index (χ3v) is 4.66. The number of ether oxygens (including phenoxy) is 1. The Labute approximate surface area is 159 Å². The number of carbonyl (C=O) groups excluding carboxylic acids is 1. The van der Waals surface area contributed by atoms with Gasteiger partial charge < -0.3 is 20.3 Å². The van der Waals surface area contributed by atoms with Crippen molar-refractivity contribution in [1.29, 1.82) is 0 Å². The first-order valence-corrected chi connectivity index (χ1v) is 10.1. The van der Waals surface area contributed by atoms with Gasteiger partial charge in [-0.2, -0.15) is 0 Å². The van der Waals surface area contributed by atoms with Crippen molar-refractivity contribution in [3.63, 3.8) is 0 Å². The molecule has 7 nitrogen and oxygen atoms in total. The Morgan fingerprint density at radius 2 is 1.81 bits per heavy atom. The maximum atomic E-state index is 11.8.